The lowest BCUT2D eigenvalue weighted by Crippen LogP contribution is -2.26. The van der Waals surface area contributed by atoms with E-state index in [0.717, 1.165) is 28.4 Å². The molecule has 162 valence electrons. The third kappa shape index (κ3) is 5.50. The Morgan fingerprint density at radius 2 is 1.17 bits per heavy atom. The first-order chi connectivity index (χ1) is 14.2. The minimum Gasteiger partial charge on any atom is -0.501 e. The average Bonchev–Trinajstić information content (AvgIpc) is 2.79. The van der Waals surface area contributed by atoms with Crippen molar-refractivity contribution in [2.45, 2.75) is 0 Å². The van der Waals surface area contributed by atoms with E-state index in [9.17, 15) is 24.3 Å². The Morgan fingerprint density at radius 3 is 1.60 bits per heavy atom. The van der Waals surface area contributed by atoms with E-state index in [2.05, 4.69) is 24.3 Å². The van der Waals surface area contributed by atoms with Crippen LogP contribution in [0.1, 0.15) is 0 Å². The highest BCUT2D eigenvalue weighted by Gasteiger charge is 2.35. The van der Waals surface area contributed by atoms with E-state index in [1.807, 2.05) is 0 Å². The minimum atomic E-state index is -1.36. The van der Waals surface area contributed by atoms with Gasteiger partial charge in [0, 0.05) is 5.69 Å². The molecule has 0 aromatic heterocycles. The van der Waals surface area contributed by atoms with Crippen LogP contribution >= 0.6 is 0 Å². The lowest BCUT2D eigenvalue weighted by Gasteiger charge is -2.16. The average molecular weight is 423 g/mol. The van der Waals surface area contributed by atoms with Crippen LogP contribution in [0, 0.1) is 0 Å². The number of methoxy groups -OCH3 is 5. The molecule has 0 aliphatic heterocycles. The van der Waals surface area contributed by atoms with Crippen molar-refractivity contribution in [2.75, 3.05) is 40.9 Å². The molecule has 11 heteroatoms. The summed E-state index contributed by atoms with van der Waals surface area (Å²) in [6.07, 6.45) is 0. The fourth-order valence-electron chi connectivity index (χ4n) is 2.19. The van der Waals surface area contributed by atoms with Gasteiger partial charge >= 0.3 is 23.9 Å². The van der Waals surface area contributed by atoms with Crippen LogP contribution in [0.5, 0.6) is 5.75 Å². The van der Waals surface area contributed by atoms with Crippen molar-refractivity contribution in [3.05, 3.63) is 46.9 Å². The second kappa shape index (κ2) is 11.1. The number of nitrogens with one attached hydrogen (secondary N) is 1. The van der Waals surface area contributed by atoms with Crippen LogP contribution in [-0.2, 0) is 38.1 Å². The summed E-state index contributed by atoms with van der Waals surface area (Å²) in [5.74, 6) is -5.78. The Balaban J connectivity index is 3.86. The number of anilines is 1. The van der Waals surface area contributed by atoms with Gasteiger partial charge in [0.05, 0.1) is 35.5 Å². The Labute approximate surface area is 171 Å². The molecule has 0 radical (unpaired) electrons. The Morgan fingerprint density at radius 1 is 0.700 bits per heavy atom. The summed E-state index contributed by atoms with van der Waals surface area (Å²) in [5, 5.41) is 12.8. The molecule has 0 aliphatic carbocycles. The summed E-state index contributed by atoms with van der Waals surface area (Å²) < 4.78 is 23.3. The van der Waals surface area contributed by atoms with Crippen LogP contribution in [-0.4, -0.2) is 64.5 Å². The van der Waals surface area contributed by atoms with E-state index in [-0.39, 0.29) is 5.69 Å². The van der Waals surface area contributed by atoms with Gasteiger partial charge in [-0.05, 0) is 24.3 Å². The number of hydrogen-bond acceptors (Lipinski definition) is 11. The molecule has 0 fully saturated rings. The van der Waals surface area contributed by atoms with Crippen LogP contribution < -0.4 is 10.1 Å². The molecular weight excluding hydrogens is 402 g/mol. The Hall–Kier alpha value is -4.02. The normalized spacial score (nSPS) is 11.9. The second-order valence-corrected chi connectivity index (χ2v) is 5.29. The summed E-state index contributed by atoms with van der Waals surface area (Å²) in [6.45, 7) is 0. The van der Waals surface area contributed by atoms with Crippen molar-refractivity contribution >= 4 is 29.6 Å². The number of esters is 4. The van der Waals surface area contributed by atoms with Gasteiger partial charge in [-0.15, -0.1) is 0 Å². The minimum absolute atomic E-state index is 0.277. The van der Waals surface area contributed by atoms with E-state index >= 15 is 0 Å². The predicted molar refractivity (Wildman–Crippen MR) is 101 cm³/mol. The monoisotopic (exact) mass is 423 g/mol. The molecular formula is C19H21NO10. The van der Waals surface area contributed by atoms with Crippen LogP contribution in [0.25, 0.3) is 0 Å². The van der Waals surface area contributed by atoms with E-state index < -0.39 is 46.5 Å². The molecule has 0 bridgehead atoms. The van der Waals surface area contributed by atoms with Crippen molar-refractivity contribution in [1.82, 2.24) is 0 Å². The van der Waals surface area contributed by atoms with Gasteiger partial charge in [0.25, 0.3) is 0 Å². The van der Waals surface area contributed by atoms with Gasteiger partial charge in [-0.2, -0.15) is 0 Å². The largest absolute Gasteiger partial charge is 0.501 e. The summed E-state index contributed by atoms with van der Waals surface area (Å²) in [4.78, 5) is 49.0. The van der Waals surface area contributed by atoms with Gasteiger partial charge in [-0.3, -0.25) is 0 Å². The smallest absolute Gasteiger partial charge is 0.374 e. The lowest BCUT2D eigenvalue weighted by atomic mass is 10.0. The highest BCUT2D eigenvalue weighted by molar-refractivity contribution is 6.15. The quantitative estimate of drug-likeness (QED) is 0.202. The fraction of sp³-hybridized carbons (Fsp3) is 0.263. The molecule has 0 spiro atoms. The number of hydrogen-bond donors (Lipinski definition) is 2. The van der Waals surface area contributed by atoms with Gasteiger partial charge in [0.2, 0.25) is 5.76 Å². The molecule has 1 aromatic carbocycles. The maximum Gasteiger partial charge on any atom is 0.374 e. The van der Waals surface area contributed by atoms with Crippen LogP contribution in [0.4, 0.5) is 5.69 Å². The number of ether oxygens (including phenoxy) is 5. The van der Waals surface area contributed by atoms with E-state index in [0.29, 0.717) is 5.75 Å². The summed E-state index contributed by atoms with van der Waals surface area (Å²) >= 11 is 0. The first kappa shape index (κ1) is 24.0. The van der Waals surface area contributed by atoms with Crippen molar-refractivity contribution in [3.8, 4) is 5.75 Å². The molecule has 0 saturated carbocycles. The third-order valence-electron chi connectivity index (χ3n) is 3.64. The van der Waals surface area contributed by atoms with E-state index in [1.54, 1.807) is 12.1 Å². The zero-order valence-corrected chi connectivity index (χ0v) is 16.9. The van der Waals surface area contributed by atoms with Crippen molar-refractivity contribution in [2.24, 2.45) is 0 Å². The topological polar surface area (TPSA) is 147 Å². The molecule has 11 nitrogen and oxygen atoms in total. The highest BCUT2D eigenvalue weighted by atomic mass is 16.5. The molecule has 2 N–H and O–H groups in total. The Bertz CT molecular complexity index is 883. The number of aliphatic hydroxyl groups is 1. The summed E-state index contributed by atoms with van der Waals surface area (Å²) in [7, 11) is 5.33. The van der Waals surface area contributed by atoms with E-state index in [1.165, 1.54) is 19.2 Å². The van der Waals surface area contributed by atoms with Gasteiger partial charge in [0.15, 0.2) is 0 Å². The first-order valence-corrected chi connectivity index (χ1v) is 8.17. The SMILES string of the molecule is COC(=O)C(O)=C(C(=O)OC)C(C(=O)OC)=C(Nc1ccc(OC)cc1)C(=O)OC. The second-order valence-electron chi connectivity index (χ2n) is 5.29. The number of carbonyl (C=O) groups is 4. The number of carbonyl (C=O) groups excluding carboxylic acids is 4. The van der Waals surface area contributed by atoms with Gasteiger partial charge in [-0.1, -0.05) is 0 Å². The zero-order chi connectivity index (χ0) is 22.8. The number of aliphatic hydroxyl groups excluding tert-OH is 1. The van der Waals surface area contributed by atoms with Crippen LogP contribution in [0.2, 0.25) is 0 Å². The van der Waals surface area contributed by atoms with Gasteiger partial charge < -0.3 is 34.1 Å². The van der Waals surface area contributed by atoms with Gasteiger partial charge in [0.1, 0.15) is 22.6 Å². The van der Waals surface area contributed by atoms with Gasteiger partial charge in [-0.25, -0.2) is 19.2 Å². The standard InChI is InChI=1S/C19H21NO10/c1-26-11-8-6-10(7-9-11)20-14(18(24)29-4)12(16(22)27-2)13(17(23)28-3)15(21)19(25)30-5/h6-9,20-21H,1-5H3. The zero-order valence-electron chi connectivity index (χ0n) is 16.9. The van der Waals surface area contributed by atoms with Crippen LogP contribution in [0.3, 0.4) is 0 Å². The van der Waals surface area contributed by atoms with E-state index in [4.69, 9.17) is 4.74 Å². The molecule has 0 atom stereocenters. The van der Waals surface area contributed by atoms with Crippen molar-refractivity contribution in [3.63, 3.8) is 0 Å². The van der Waals surface area contributed by atoms with Crippen molar-refractivity contribution < 1.29 is 48.0 Å². The lowest BCUT2D eigenvalue weighted by molar-refractivity contribution is -0.142. The van der Waals surface area contributed by atoms with Crippen LogP contribution in [0.15, 0.2) is 46.9 Å². The number of rotatable bonds is 8. The predicted octanol–water partition coefficient (Wildman–Crippen LogP) is 0.865. The summed E-state index contributed by atoms with van der Waals surface area (Å²) in [6, 6.07) is 6.10. The molecule has 0 aliphatic rings. The van der Waals surface area contributed by atoms with Crippen molar-refractivity contribution in [1.29, 1.82) is 0 Å². The maximum absolute atomic E-state index is 12.5. The number of benzene rings is 1. The molecule has 30 heavy (non-hydrogen) atoms. The molecule has 0 saturated heterocycles. The molecule has 1 aromatic rings. The Kier molecular flexibility index (Phi) is 8.88. The maximum atomic E-state index is 12.5. The highest BCUT2D eigenvalue weighted by Crippen LogP contribution is 2.25. The molecule has 1 rings (SSSR count). The molecule has 0 heterocycles. The summed E-state index contributed by atoms with van der Waals surface area (Å²) in [5.41, 5.74) is -2.10. The fourth-order valence-corrected chi connectivity index (χ4v) is 2.19. The molecule has 0 unspecified atom stereocenters. The third-order valence-corrected chi connectivity index (χ3v) is 3.64. The molecule has 0 amide bonds. The first-order valence-electron chi connectivity index (χ1n) is 8.17.